The predicted molar refractivity (Wildman–Crippen MR) is 313 cm³/mol. The molecule has 370 valence electrons. The fourth-order valence-electron chi connectivity index (χ4n) is 14.3. The van der Waals surface area contributed by atoms with Crippen molar-refractivity contribution < 1.29 is 0 Å². The third kappa shape index (κ3) is 8.71. The van der Waals surface area contributed by atoms with Crippen LogP contribution in [0.2, 0.25) is 0 Å². The first-order chi connectivity index (χ1) is 33.9. The summed E-state index contributed by atoms with van der Waals surface area (Å²) >= 11 is 0. The van der Waals surface area contributed by atoms with Crippen molar-refractivity contribution >= 4 is 40.2 Å². The van der Waals surface area contributed by atoms with E-state index in [1.165, 1.54) is 119 Å². The highest BCUT2D eigenvalue weighted by molar-refractivity contribution is 6.97. The minimum absolute atomic E-state index is 0.0276. The molecule has 0 radical (unpaired) electrons. The van der Waals surface area contributed by atoms with E-state index in [2.05, 4.69) is 249 Å². The third-order valence-electron chi connectivity index (χ3n) is 18.2. The molecule has 72 heavy (non-hydrogen) atoms. The molecule has 0 N–H and O–H groups in total. The third-order valence-corrected chi connectivity index (χ3v) is 18.2. The summed E-state index contributed by atoms with van der Waals surface area (Å²) in [6.07, 6.45) is 5.60. The van der Waals surface area contributed by atoms with E-state index in [1.807, 2.05) is 0 Å². The Bertz CT molecular complexity index is 3170. The normalized spacial score (nSPS) is 18.4. The monoisotopic (exact) mass is 948 g/mol. The van der Waals surface area contributed by atoms with Gasteiger partial charge in [0.2, 0.25) is 6.71 Å². The topological polar surface area (TPSA) is 3.24 Å². The first-order valence-electron chi connectivity index (χ1n) is 27.5. The Kier molecular flexibility index (Phi) is 12.4. The zero-order valence-corrected chi connectivity index (χ0v) is 46.9. The second-order valence-corrected chi connectivity index (χ2v) is 26.5. The Labute approximate surface area is 436 Å². The first kappa shape index (κ1) is 50.0. The average Bonchev–Trinajstić information content (AvgIpc) is 3.50. The molecule has 2 atom stereocenters. The van der Waals surface area contributed by atoms with Crippen LogP contribution in [0.15, 0.2) is 133 Å². The lowest BCUT2D eigenvalue weighted by molar-refractivity contribution is 0.332. The van der Waals surface area contributed by atoms with Gasteiger partial charge in [0.05, 0.1) is 0 Å². The van der Waals surface area contributed by atoms with Gasteiger partial charge in [-0.2, -0.15) is 0 Å². The van der Waals surface area contributed by atoms with Gasteiger partial charge in [0.1, 0.15) is 0 Å². The van der Waals surface area contributed by atoms with E-state index in [0.29, 0.717) is 0 Å². The average molecular weight is 948 g/mol. The summed E-state index contributed by atoms with van der Waals surface area (Å²) in [7, 11) is 0. The molecule has 0 amide bonds. The van der Waals surface area contributed by atoms with Crippen LogP contribution in [0.3, 0.4) is 0 Å². The van der Waals surface area contributed by atoms with Gasteiger partial charge in [-0.05, 0) is 190 Å². The summed E-state index contributed by atoms with van der Waals surface area (Å²) in [6, 6.07) is 52.6. The van der Waals surface area contributed by atoms with E-state index in [4.69, 9.17) is 0 Å². The number of para-hydroxylation sites is 2. The van der Waals surface area contributed by atoms with E-state index in [1.54, 1.807) is 11.1 Å². The van der Waals surface area contributed by atoms with Crippen LogP contribution in [-0.2, 0) is 33.5 Å². The molecule has 0 bridgehead atoms. The van der Waals surface area contributed by atoms with Gasteiger partial charge in [-0.1, -0.05) is 208 Å². The summed E-state index contributed by atoms with van der Waals surface area (Å²) in [5.74, 6) is 0.412. The minimum Gasteiger partial charge on any atom is -0.311 e. The largest absolute Gasteiger partial charge is 0.311 e. The Morgan fingerprint density at radius 3 is 1.71 bits per heavy atom. The molecule has 0 aromatic heterocycles. The number of benzene rings is 7. The maximum atomic E-state index is 2.76. The highest BCUT2D eigenvalue weighted by Crippen LogP contribution is 2.52. The lowest BCUT2D eigenvalue weighted by Gasteiger charge is -2.44. The van der Waals surface area contributed by atoms with Gasteiger partial charge in [0.25, 0.3) is 0 Å². The maximum absolute atomic E-state index is 2.76. The molecule has 2 unspecified atom stereocenters. The van der Waals surface area contributed by atoms with Crippen LogP contribution in [0.4, 0.5) is 17.1 Å². The maximum Gasteiger partial charge on any atom is 0.242 e. The number of nitrogens with zero attached hydrogens (tertiary/aromatic N) is 1. The summed E-state index contributed by atoms with van der Waals surface area (Å²) in [6.45, 7) is 39.0. The molecule has 2 heteroatoms. The van der Waals surface area contributed by atoms with Crippen molar-refractivity contribution in [2.75, 3.05) is 4.90 Å². The molecule has 0 fully saturated rings. The molecule has 0 saturated heterocycles. The van der Waals surface area contributed by atoms with Crippen molar-refractivity contribution in [2.24, 2.45) is 0 Å². The van der Waals surface area contributed by atoms with Crippen LogP contribution < -0.4 is 21.3 Å². The van der Waals surface area contributed by atoms with E-state index in [9.17, 15) is 0 Å². The molecule has 3 aliphatic rings. The van der Waals surface area contributed by atoms with Gasteiger partial charge in [-0.25, -0.2) is 0 Å². The SMILES string of the molecule is Cc1cc(C)c2c(c1)C(CCc1cc(C(C)(C)C)ccc1C)c1ccc(N(c3ccccc3)c3ccccc3)cc1B2c1cc2c(cc1C(C)c1cc3c(cc1C)C(C)(C)CC3(C)C)C(C)(C)CCC2(C)C. The van der Waals surface area contributed by atoms with Crippen molar-refractivity contribution in [1.29, 1.82) is 0 Å². The van der Waals surface area contributed by atoms with Crippen LogP contribution >= 0.6 is 0 Å². The first-order valence-corrected chi connectivity index (χ1v) is 27.5. The molecule has 0 saturated carbocycles. The summed E-state index contributed by atoms with van der Waals surface area (Å²) in [5, 5.41) is 0. The Hall–Kier alpha value is -5.60. The van der Waals surface area contributed by atoms with Crippen molar-refractivity contribution in [3.8, 4) is 0 Å². The van der Waals surface area contributed by atoms with Gasteiger partial charge in [0.15, 0.2) is 0 Å². The molecule has 7 aromatic carbocycles. The predicted octanol–water partition coefficient (Wildman–Crippen LogP) is 16.7. The Morgan fingerprint density at radius 1 is 0.528 bits per heavy atom. The summed E-state index contributed by atoms with van der Waals surface area (Å²) in [4.78, 5) is 2.48. The molecule has 10 rings (SSSR count). The van der Waals surface area contributed by atoms with E-state index < -0.39 is 0 Å². The summed E-state index contributed by atoms with van der Waals surface area (Å²) < 4.78 is 0. The molecule has 1 nitrogen and oxygen atoms in total. The van der Waals surface area contributed by atoms with Crippen LogP contribution in [0.1, 0.15) is 198 Å². The van der Waals surface area contributed by atoms with Crippen LogP contribution in [0, 0.1) is 27.7 Å². The molecule has 0 spiro atoms. The number of hydrogen-bond acceptors (Lipinski definition) is 1. The number of anilines is 3. The molecule has 7 aromatic rings. The van der Waals surface area contributed by atoms with Gasteiger partial charge < -0.3 is 4.90 Å². The van der Waals surface area contributed by atoms with Gasteiger partial charge >= 0.3 is 0 Å². The van der Waals surface area contributed by atoms with Crippen molar-refractivity contribution in [3.05, 3.63) is 211 Å². The molecule has 2 aliphatic carbocycles. The minimum atomic E-state index is 0.0276. The van der Waals surface area contributed by atoms with E-state index in [0.717, 1.165) is 12.8 Å². The van der Waals surface area contributed by atoms with Gasteiger partial charge in [-0.3, -0.25) is 0 Å². The fourth-order valence-corrected chi connectivity index (χ4v) is 14.3. The van der Waals surface area contributed by atoms with Crippen LogP contribution in [0.25, 0.3) is 0 Å². The van der Waals surface area contributed by atoms with E-state index >= 15 is 0 Å². The quantitative estimate of drug-likeness (QED) is 0.130. The fraction of sp³-hybridized carbons (Fsp3) is 0.400. The highest BCUT2D eigenvalue weighted by Gasteiger charge is 2.45. The molecular formula is C70H82BN. The molecule has 1 aliphatic heterocycles. The molecular weight excluding hydrogens is 866 g/mol. The zero-order valence-electron chi connectivity index (χ0n) is 46.9. The van der Waals surface area contributed by atoms with Crippen molar-refractivity contribution in [2.45, 2.75) is 182 Å². The van der Waals surface area contributed by atoms with Gasteiger partial charge in [-0.15, -0.1) is 0 Å². The number of hydrogen-bond donors (Lipinski definition) is 0. The van der Waals surface area contributed by atoms with E-state index in [-0.39, 0.29) is 45.6 Å². The van der Waals surface area contributed by atoms with Crippen LogP contribution in [0.5, 0.6) is 0 Å². The van der Waals surface area contributed by atoms with Crippen LogP contribution in [-0.4, -0.2) is 6.71 Å². The lowest BCUT2D eigenvalue weighted by Crippen LogP contribution is -2.60. The second kappa shape index (κ2) is 17.8. The molecule has 1 heterocycles. The number of aryl methyl sites for hydroxylation is 5. The smallest absolute Gasteiger partial charge is 0.242 e. The lowest BCUT2D eigenvalue weighted by atomic mass is 9.30. The highest BCUT2D eigenvalue weighted by atomic mass is 15.1. The Morgan fingerprint density at radius 2 is 1.10 bits per heavy atom. The number of fused-ring (bicyclic) bond motifs is 4. The Balaban J connectivity index is 1.26. The number of rotatable bonds is 9. The second-order valence-electron chi connectivity index (χ2n) is 26.5. The van der Waals surface area contributed by atoms with Crippen molar-refractivity contribution in [3.63, 3.8) is 0 Å². The summed E-state index contributed by atoms with van der Waals surface area (Å²) in [5.41, 5.74) is 29.0. The van der Waals surface area contributed by atoms with Gasteiger partial charge in [0, 0.05) is 28.9 Å². The standard InChI is InChI=1S/C70H82BN/c1-44-35-47(4)65-58(36-44)54(31-28-49-38-50(66(6,7)8)29-27-45(49)2)55-32-30-53(72(51-23-19-17-20-24-51)52-25-21-18-22-26-52)39-63(55)71(65)64-42-62-60(67(9,10)33-34-68(62,11)12)41-57(64)48(5)56-40-61-59(37-46(56)3)69(13,14)43-70(61,15)16/h17-27,29-30,32,35-42,48,54H,28,31,33-34,43H2,1-16H3. The van der Waals surface area contributed by atoms with Crippen molar-refractivity contribution in [1.82, 2.24) is 0 Å². The zero-order chi connectivity index (χ0) is 51.4.